The second kappa shape index (κ2) is 11.1. The Labute approximate surface area is 209 Å². The SMILES string of the molecule is CCC(C)(C)C1CCc2c(sc(NC(=O)CCCOc3ccc(Cl)cc3Cl)c2C(=O)OC)C1. The molecule has 0 bridgehead atoms. The highest BCUT2D eigenvalue weighted by Crippen LogP contribution is 2.45. The number of amides is 1. The fourth-order valence-electron chi connectivity index (χ4n) is 4.14. The molecule has 0 fully saturated rings. The molecule has 0 saturated carbocycles. The van der Waals surface area contributed by atoms with Gasteiger partial charge in [0.1, 0.15) is 10.8 Å². The predicted molar refractivity (Wildman–Crippen MR) is 135 cm³/mol. The second-order valence-electron chi connectivity index (χ2n) is 9.06. The summed E-state index contributed by atoms with van der Waals surface area (Å²) in [6.07, 6.45) is 4.67. The van der Waals surface area contributed by atoms with Crippen LogP contribution in [0.3, 0.4) is 0 Å². The lowest BCUT2D eigenvalue weighted by Crippen LogP contribution is -2.28. The van der Waals surface area contributed by atoms with Crippen molar-refractivity contribution in [2.75, 3.05) is 19.0 Å². The fraction of sp³-hybridized carbons (Fsp3) is 0.520. The summed E-state index contributed by atoms with van der Waals surface area (Å²) < 4.78 is 10.7. The number of ether oxygens (including phenoxy) is 2. The first-order valence-corrected chi connectivity index (χ1v) is 12.8. The standard InChI is InChI=1S/C25H31Cl2NO4S/c1-5-25(2,3)15-8-10-17-20(13-15)33-23(22(17)24(30)31-4)28-21(29)7-6-12-32-19-11-9-16(26)14-18(19)27/h9,11,14-15H,5-8,10,12-13H2,1-4H3,(H,28,29). The van der Waals surface area contributed by atoms with E-state index in [1.54, 1.807) is 18.2 Å². The summed E-state index contributed by atoms with van der Waals surface area (Å²) in [4.78, 5) is 26.4. The fourth-order valence-corrected chi connectivity index (χ4v) is 5.94. The number of benzene rings is 1. The number of hydrogen-bond acceptors (Lipinski definition) is 5. The summed E-state index contributed by atoms with van der Waals surface area (Å²) in [6, 6.07) is 5.02. The maximum Gasteiger partial charge on any atom is 0.341 e. The molecule has 1 amide bonds. The Kier molecular flexibility index (Phi) is 8.70. The molecule has 1 unspecified atom stereocenters. The molecule has 0 saturated heterocycles. The third-order valence-corrected chi connectivity index (χ3v) is 8.32. The Morgan fingerprint density at radius 3 is 2.70 bits per heavy atom. The first-order valence-electron chi connectivity index (χ1n) is 11.3. The van der Waals surface area contributed by atoms with E-state index in [0.29, 0.717) is 45.3 Å². The topological polar surface area (TPSA) is 64.6 Å². The summed E-state index contributed by atoms with van der Waals surface area (Å²) >= 11 is 13.5. The molecule has 8 heteroatoms. The number of fused-ring (bicyclic) bond motifs is 1. The van der Waals surface area contributed by atoms with E-state index in [1.807, 2.05) is 0 Å². The molecule has 3 rings (SSSR count). The maximum absolute atomic E-state index is 12.6. The average Bonchev–Trinajstić information content (AvgIpc) is 3.14. The van der Waals surface area contributed by atoms with Gasteiger partial charge >= 0.3 is 5.97 Å². The van der Waals surface area contributed by atoms with Crippen LogP contribution in [0.25, 0.3) is 0 Å². The van der Waals surface area contributed by atoms with Gasteiger partial charge in [-0.15, -0.1) is 11.3 Å². The highest BCUT2D eigenvalue weighted by Gasteiger charge is 2.35. The van der Waals surface area contributed by atoms with Gasteiger partial charge in [0.05, 0.1) is 24.3 Å². The van der Waals surface area contributed by atoms with Gasteiger partial charge in [0, 0.05) is 16.3 Å². The number of anilines is 1. The van der Waals surface area contributed by atoms with Crippen molar-refractivity contribution in [2.24, 2.45) is 11.3 Å². The summed E-state index contributed by atoms with van der Waals surface area (Å²) in [6.45, 7) is 7.17. The smallest absolute Gasteiger partial charge is 0.341 e. The second-order valence-corrected chi connectivity index (χ2v) is 11.0. The maximum atomic E-state index is 12.6. The number of esters is 1. The molecule has 0 radical (unpaired) electrons. The summed E-state index contributed by atoms with van der Waals surface area (Å²) in [7, 11) is 1.38. The van der Waals surface area contributed by atoms with Crippen molar-refractivity contribution in [1.29, 1.82) is 0 Å². The molecular weight excluding hydrogens is 481 g/mol. The van der Waals surface area contributed by atoms with Crippen LogP contribution in [0.15, 0.2) is 18.2 Å². The minimum atomic E-state index is -0.392. The number of thiophene rings is 1. The molecule has 180 valence electrons. The third-order valence-electron chi connectivity index (χ3n) is 6.62. The third kappa shape index (κ3) is 6.23. The predicted octanol–water partition coefficient (Wildman–Crippen LogP) is 7.18. The number of methoxy groups -OCH3 is 1. The quantitative estimate of drug-likeness (QED) is 0.286. The molecule has 1 aliphatic carbocycles. The van der Waals surface area contributed by atoms with Crippen LogP contribution in [0, 0.1) is 11.3 Å². The molecule has 1 aromatic carbocycles. The number of carbonyl (C=O) groups excluding carboxylic acids is 2. The number of hydrogen-bond donors (Lipinski definition) is 1. The van der Waals surface area contributed by atoms with Gasteiger partial charge in [0.25, 0.3) is 0 Å². The molecule has 2 aromatic rings. The van der Waals surface area contributed by atoms with Crippen LogP contribution >= 0.6 is 34.5 Å². The van der Waals surface area contributed by atoms with E-state index in [9.17, 15) is 9.59 Å². The molecule has 1 aromatic heterocycles. The molecule has 1 aliphatic rings. The lowest BCUT2D eigenvalue weighted by Gasteiger charge is -2.36. The zero-order valence-corrected chi connectivity index (χ0v) is 21.9. The molecule has 1 atom stereocenters. The van der Waals surface area contributed by atoms with Crippen molar-refractivity contribution in [2.45, 2.75) is 59.3 Å². The van der Waals surface area contributed by atoms with Crippen LogP contribution in [0.5, 0.6) is 5.75 Å². The molecule has 0 aliphatic heterocycles. The van der Waals surface area contributed by atoms with Crippen molar-refractivity contribution in [3.05, 3.63) is 44.2 Å². The van der Waals surface area contributed by atoms with Crippen molar-refractivity contribution < 1.29 is 19.1 Å². The van der Waals surface area contributed by atoms with Crippen molar-refractivity contribution in [1.82, 2.24) is 0 Å². The van der Waals surface area contributed by atoms with Gasteiger partial charge in [-0.3, -0.25) is 4.79 Å². The van der Waals surface area contributed by atoms with Crippen molar-refractivity contribution in [3.8, 4) is 5.75 Å². The van der Waals surface area contributed by atoms with E-state index in [0.717, 1.165) is 31.2 Å². The van der Waals surface area contributed by atoms with Gasteiger partial charge < -0.3 is 14.8 Å². The molecule has 5 nitrogen and oxygen atoms in total. The van der Waals surface area contributed by atoms with E-state index < -0.39 is 5.97 Å². The summed E-state index contributed by atoms with van der Waals surface area (Å²) in [5.74, 6) is 0.538. The molecule has 0 spiro atoms. The minimum absolute atomic E-state index is 0.157. The lowest BCUT2D eigenvalue weighted by atomic mass is 9.69. The van der Waals surface area contributed by atoms with Gasteiger partial charge in [-0.1, -0.05) is 50.4 Å². The van der Waals surface area contributed by atoms with E-state index in [4.69, 9.17) is 32.7 Å². The molecule has 33 heavy (non-hydrogen) atoms. The van der Waals surface area contributed by atoms with Crippen molar-refractivity contribution >= 4 is 51.4 Å². The summed E-state index contributed by atoms with van der Waals surface area (Å²) in [5.41, 5.74) is 1.79. The Balaban J connectivity index is 1.63. The first kappa shape index (κ1) is 25.9. The van der Waals surface area contributed by atoms with Crippen LogP contribution in [0.4, 0.5) is 5.00 Å². The largest absolute Gasteiger partial charge is 0.492 e. The number of carbonyl (C=O) groups is 2. The van der Waals surface area contributed by atoms with E-state index >= 15 is 0 Å². The highest BCUT2D eigenvalue weighted by atomic mass is 35.5. The van der Waals surface area contributed by atoms with Gasteiger partial charge in [0.2, 0.25) is 5.91 Å². The highest BCUT2D eigenvalue weighted by molar-refractivity contribution is 7.17. The average molecular weight is 512 g/mol. The Hall–Kier alpha value is -1.76. The first-order chi connectivity index (χ1) is 15.7. The van der Waals surface area contributed by atoms with Crippen LogP contribution in [0.2, 0.25) is 10.0 Å². The lowest BCUT2D eigenvalue weighted by molar-refractivity contribution is -0.116. The van der Waals surface area contributed by atoms with Gasteiger partial charge in [-0.2, -0.15) is 0 Å². The normalized spacial score (nSPS) is 15.6. The van der Waals surface area contributed by atoms with E-state index in [2.05, 4.69) is 26.1 Å². The number of nitrogens with one attached hydrogen (secondary N) is 1. The zero-order chi connectivity index (χ0) is 24.2. The molecule has 1 N–H and O–H groups in total. The Morgan fingerprint density at radius 1 is 1.27 bits per heavy atom. The number of rotatable bonds is 9. The van der Waals surface area contributed by atoms with Crippen molar-refractivity contribution in [3.63, 3.8) is 0 Å². The van der Waals surface area contributed by atoms with Crippen LogP contribution in [-0.4, -0.2) is 25.6 Å². The van der Waals surface area contributed by atoms with Crippen LogP contribution in [0.1, 0.15) is 67.3 Å². The monoisotopic (exact) mass is 511 g/mol. The minimum Gasteiger partial charge on any atom is -0.492 e. The van der Waals surface area contributed by atoms with Gasteiger partial charge in [0.15, 0.2) is 0 Å². The van der Waals surface area contributed by atoms with Crippen LogP contribution in [-0.2, 0) is 22.4 Å². The van der Waals surface area contributed by atoms with E-state index in [-0.39, 0.29) is 17.7 Å². The Morgan fingerprint density at radius 2 is 2.03 bits per heavy atom. The Bertz CT molecular complexity index is 1020. The van der Waals surface area contributed by atoms with Gasteiger partial charge in [-0.25, -0.2) is 4.79 Å². The van der Waals surface area contributed by atoms with E-state index in [1.165, 1.54) is 23.3 Å². The zero-order valence-electron chi connectivity index (χ0n) is 19.6. The molecular formula is C25H31Cl2NO4S. The molecule has 1 heterocycles. The van der Waals surface area contributed by atoms with Gasteiger partial charge in [-0.05, 0) is 60.8 Å². The summed E-state index contributed by atoms with van der Waals surface area (Å²) in [5, 5.41) is 4.51. The van der Waals surface area contributed by atoms with Crippen LogP contribution < -0.4 is 10.1 Å². The number of halogens is 2.